The monoisotopic (exact) mass is 607 g/mol. The third kappa shape index (κ3) is 4.61. The van der Waals surface area contributed by atoms with Gasteiger partial charge in [0.2, 0.25) is 0 Å². The minimum atomic E-state index is -0.696. The highest BCUT2D eigenvalue weighted by atomic mass is 32.1. The van der Waals surface area contributed by atoms with E-state index in [0.29, 0.717) is 31.6 Å². The first-order chi connectivity index (χ1) is 21.4. The van der Waals surface area contributed by atoms with Gasteiger partial charge in [0.25, 0.3) is 5.91 Å². The molecule has 0 radical (unpaired) electrons. The molecular formula is C35H33N3O5S. The predicted octanol–water partition coefficient (Wildman–Crippen LogP) is 5.56. The zero-order valence-corrected chi connectivity index (χ0v) is 25.2. The van der Waals surface area contributed by atoms with Gasteiger partial charge in [0, 0.05) is 78.8 Å². The molecule has 5 heterocycles. The third-order valence-corrected chi connectivity index (χ3v) is 9.80. The normalized spacial score (nSPS) is 19.2. The van der Waals surface area contributed by atoms with Crippen LogP contribution in [0.1, 0.15) is 50.7 Å². The summed E-state index contributed by atoms with van der Waals surface area (Å²) in [6.07, 6.45) is 6.63. The van der Waals surface area contributed by atoms with Gasteiger partial charge in [0.1, 0.15) is 28.4 Å². The topological polar surface area (TPSA) is 86.5 Å². The third-order valence-electron chi connectivity index (χ3n) is 9.37. The number of rotatable bonds is 3. The van der Waals surface area contributed by atoms with Gasteiger partial charge in [-0.15, -0.1) is 0 Å². The van der Waals surface area contributed by atoms with Crippen molar-refractivity contribution in [3.63, 3.8) is 0 Å². The maximum absolute atomic E-state index is 13.2. The van der Waals surface area contributed by atoms with Crippen LogP contribution < -0.4 is 20.2 Å². The van der Waals surface area contributed by atoms with Crippen molar-refractivity contribution in [1.82, 2.24) is 4.90 Å². The number of fused-ring (bicyclic) bond motifs is 3. The van der Waals surface area contributed by atoms with Gasteiger partial charge < -0.3 is 29.0 Å². The van der Waals surface area contributed by atoms with E-state index in [4.69, 9.17) is 21.8 Å². The molecule has 44 heavy (non-hydrogen) atoms. The highest BCUT2D eigenvalue weighted by molar-refractivity contribution is 7.80. The van der Waals surface area contributed by atoms with Gasteiger partial charge in [0.15, 0.2) is 0 Å². The second kappa shape index (κ2) is 10.7. The van der Waals surface area contributed by atoms with E-state index in [1.807, 2.05) is 0 Å². The number of hydrogen-bond donors (Lipinski definition) is 2. The van der Waals surface area contributed by atoms with Gasteiger partial charge >= 0.3 is 5.63 Å². The maximum Gasteiger partial charge on any atom is 0.349 e. The molecule has 8 rings (SSSR count). The molecule has 0 aliphatic carbocycles. The van der Waals surface area contributed by atoms with Crippen LogP contribution >= 0.6 is 12.6 Å². The minimum absolute atomic E-state index is 0.00215. The number of phenolic OH excluding ortho intramolecular Hbond substituents is 1. The Morgan fingerprint density at radius 3 is 2.45 bits per heavy atom. The lowest BCUT2D eigenvalue weighted by Gasteiger charge is -2.39. The quantitative estimate of drug-likeness (QED) is 0.233. The van der Waals surface area contributed by atoms with E-state index in [1.54, 1.807) is 17.0 Å². The number of phenols is 1. The first-order valence-corrected chi connectivity index (χ1v) is 15.9. The number of anilines is 2. The number of carbonyl (C=O) groups excluding carboxylic acids is 1. The lowest BCUT2D eigenvalue weighted by molar-refractivity contribution is 0.0742. The number of aryl methyl sites for hydroxylation is 1. The van der Waals surface area contributed by atoms with Crippen LogP contribution in [0.15, 0.2) is 69.9 Å². The lowest BCUT2D eigenvalue weighted by Crippen LogP contribution is -2.49. The summed E-state index contributed by atoms with van der Waals surface area (Å²) >= 11 is 4.98. The molecule has 1 unspecified atom stereocenters. The molecule has 0 spiro atoms. The lowest BCUT2D eigenvalue weighted by atomic mass is 9.87. The summed E-state index contributed by atoms with van der Waals surface area (Å²) in [5, 5.41) is 10.2. The van der Waals surface area contributed by atoms with Gasteiger partial charge in [0.05, 0.1) is 5.25 Å². The van der Waals surface area contributed by atoms with Crippen LogP contribution in [0.5, 0.6) is 11.5 Å². The van der Waals surface area contributed by atoms with Crippen LogP contribution in [0.4, 0.5) is 11.4 Å². The summed E-state index contributed by atoms with van der Waals surface area (Å²) in [7, 11) is 0. The minimum Gasteiger partial charge on any atom is -0.508 e. The number of ether oxygens (including phenoxy) is 1. The fourth-order valence-corrected chi connectivity index (χ4v) is 7.48. The van der Waals surface area contributed by atoms with Gasteiger partial charge in [-0.3, -0.25) is 4.79 Å². The number of aromatic hydroxyl groups is 1. The van der Waals surface area contributed by atoms with E-state index >= 15 is 0 Å². The van der Waals surface area contributed by atoms with Crippen molar-refractivity contribution >= 4 is 46.6 Å². The molecule has 1 N–H and O–H groups in total. The zero-order chi connectivity index (χ0) is 29.9. The van der Waals surface area contributed by atoms with E-state index < -0.39 is 5.63 Å². The molecule has 0 bridgehead atoms. The van der Waals surface area contributed by atoms with E-state index in [1.165, 1.54) is 40.9 Å². The van der Waals surface area contributed by atoms with Crippen molar-refractivity contribution in [1.29, 1.82) is 0 Å². The van der Waals surface area contributed by atoms with Crippen molar-refractivity contribution in [2.45, 2.75) is 30.9 Å². The standard InChI is InChI=1S/C35H33N3O5S/c39-25-10-7-22-17-28(35(41)43-29(22)19-25)34(40)38-15-13-36(14-16-38)24-8-5-21(6-9-24)30-20-31(44)27-18-23-3-1-11-37-12-2-4-26(32(23)37)33(27)42-30/h5-10,17-20,31,39,44H,1-4,11-16H2. The van der Waals surface area contributed by atoms with Gasteiger partial charge in [-0.1, -0.05) is 0 Å². The van der Waals surface area contributed by atoms with E-state index in [2.05, 4.69) is 46.2 Å². The van der Waals surface area contributed by atoms with Crippen molar-refractivity contribution in [2.75, 3.05) is 49.1 Å². The summed E-state index contributed by atoms with van der Waals surface area (Å²) in [4.78, 5) is 32.3. The SMILES string of the molecule is O=C(c1cc2ccc(O)cc2oc1=O)N1CCN(c2ccc(C3=CC(S)c4cc5c6c(c4O3)CCCN6CCC5)cc2)CC1. The van der Waals surface area contributed by atoms with Gasteiger partial charge in [-0.2, -0.15) is 12.6 Å². The Kier molecular flexibility index (Phi) is 6.59. The number of thiol groups is 1. The molecule has 1 amide bonds. The zero-order valence-electron chi connectivity index (χ0n) is 24.3. The average molecular weight is 608 g/mol. The summed E-state index contributed by atoms with van der Waals surface area (Å²) in [5.74, 6) is 1.50. The Labute approximate surface area is 260 Å². The summed E-state index contributed by atoms with van der Waals surface area (Å²) in [6, 6.07) is 16.8. The predicted molar refractivity (Wildman–Crippen MR) is 174 cm³/mol. The highest BCUT2D eigenvalue weighted by Crippen LogP contribution is 2.49. The molecule has 4 aromatic rings. The molecule has 1 aromatic heterocycles. The van der Waals surface area contributed by atoms with Crippen molar-refractivity contribution < 1.29 is 19.1 Å². The van der Waals surface area contributed by atoms with Crippen molar-refractivity contribution in [3.05, 3.63) is 98.9 Å². The van der Waals surface area contributed by atoms with E-state index in [9.17, 15) is 14.7 Å². The molecule has 4 aliphatic heterocycles. The fourth-order valence-electron chi connectivity index (χ4n) is 7.15. The Hall–Kier alpha value is -4.37. The van der Waals surface area contributed by atoms with Crippen LogP contribution in [0.3, 0.4) is 0 Å². The average Bonchev–Trinajstić information content (AvgIpc) is 3.05. The fraction of sp³-hybridized carbons (Fsp3) is 0.314. The molecule has 4 aliphatic rings. The number of benzene rings is 3. The van der Waals surface area contributed by atoms with Crippen LogP contribution in [0.25, 0.3) is 16.7 Å². The first-order valence-electron chi connectivity index (χ1n) is 15.4. The number of hydrogen-bond acceptors (Lipinski definition) is 8. The first kappa shape index (κ1) is 27.2. The second-order valence-electron chi connectivity index (χ2n) is 12.0. The molecule has 0 saturated carbocycles. The molecule has 1 saturated heterocycles. The number of nitrogens with zero attached hydrogens (tertiary/aromatic N) is 3. The Morgan fingerprint density at radius 2 is 1.66 bits per heavy atom. The van der Waals surface area contributed by atoms with Crippen LogP contribution in [0, 0.1) is 0 Å². The van der Waals surface area contributed by atoms with Crippen molar-refractivity contribution in [3.8, 4) is 11.5 Å². The second-order valence-corrected chi connectivity index (χ2v) is 12.6. The number of carbonyl (C=O) groups is 1. The Balaban J connectivity index is 0.966. The van der Waals surface area contributed by atoms with Crippen molar-refractivity contribution in [2.24, 2.45) is 0 Å². The molecule has 3 aromatic carbocycles. The molecule has 8 nitrogen and oxygen atoms in total. The summed E-state index contributed by atoms with van der Waals surface area (Å²) in [5.41, 5.74) is 7.02. The maximum atomic E-state index is 13.2. The summed E-state index contributed by atoms with van der Waals surface area (Å²) < 4.78 is 12.0. The highest BCUT2D eigenvalue weighted by Gasteiger charge is 2.32. The number of piperazine rings is 1. The largest absolute Gasteiger partial charge is 0.508 e. The Bertz CT molecular complexity index is 1890. The van der Waals surface area contributed by atoms with Gasteiger partial charge in [-0.05, 0) is 85.9 Å². The Morgan fingerprint density at radius 1 is 0.886 bits per heavy atom. The van der Waals surface area contributed by atoms with E-state index in [-0.39, 0.29) is 28.1 Å². The smallest absolute Gasteiger partial charge is 0.349 e. The molecule has 1 fully saturated rings. The van der Waals surface area contributed by atoms with Gasteiger partial charge in [-0.25, -0.2) is 4.79 Å². The van der Waals surface area contributed by atoms with Crippen LogP contribution in [-0.2, 0) is 12.8 Å². The molecular weight excluding hydrogens is 574 g/mol. The molecule has 9 heteroatoms. The summed E-state index contributed by atoms with van der Waals surface area (Å²) in [6.45, 7) is 4.53. The molecule has 224 valence electrons. The molecule has 1 atom stereocenters. The van der Waals surface area contributed by atoms with Crippen LogP contribution in [0.2, 0.25) is 0 Å². The van der Waals surface area contributed by atoms with Crippen LogP contribution in [-0.4, -0.2) is 55.2 Å². The number of amides is 1. The van der Waals surface area contributed by atoms with E-state index in [0.717, 1.165) is 55.1 Å².